The van der Waals surface area contributed by atoms with Gasteiger partial charge in [0.1, 0.15) is 5.82 Å². The summed E-state index contributed by atoms with van der Waals surface area (Å²) in [6, 6.07) is 4.31. The van der Waals surface area contributed by atoms with Crippen molar-refractivity contribution in [2.45, 2.75) is 58.8 Å². The van der Waals surface area contributed by atoms with Crippen LogP contribution in [-0.2, 0) is 4.79 Å². The SMILES string of the molecule is Cc1cc2nc(-c3cnc(N4CCC5(CCC(CC(=O)O)CC5)CC4)s3)[nH]c2cc1C. The van der Waals surface area contributed by atoms with Crippen molar-refractivity contribution in [2.24, 2.45) is 11.3 Å². The lowest BCUT2D eigenvalue weighted by atomic mass is 9.65. The molecule has 2 aromatic heterocycles. The molecule has 2 fully saturated rings. The molecule has 1 saturated carbocycles. The average Bonchev–Trinajstić information content (AvgIpc) is 3.38. The van der Waals surface area contributed by atoms with Crippen molar-refractivity contribution in [3.8, 4) is 10.7 Å². The second-order valence-corrected chi connectivity index (χ2v) is 10.6. The number of nitrogens with one attached hydrogen (secondary N) is 1. The summed E-state index contributed by atoms with van der Waals surface area (Å²) in [7, 11) is 0. The van der Waals surface area contributed by atoms with Gasteiger partial charge in [-0.1, -0.05) is 11.3 Å². The van der Waals surface area contributed by atoms with Crippen LogP contribution in [0.1, 0.15) is 56.1 Å². The zero-order valence-electron chi connectivity index (χ0n) is 18.3. The van der Waals surface area contributed by atoms with E-state index in [2.05, 4.69) is 35.9 Å². The van der Waals surface area contributed by atoms with E-state index in [9.17, 15) is 4.79 Å². The Morgan fingerprint density at radius 2 is 1.90 bits per heavy atom. The molecule has 1 saturated heterocycles. The first-order valence-corrected chi connectivity index (χ1v) is 12.1. The molecule has 1 aliphatic heterocycles. The smallest absolute Gasteiger partial charge is 0.303 e. The van der Waals surface area contributed by atoms with Gasteiger partial charge in [0, 0.05) is 19.5 Å². The Hall–Kier alpha value is -2.41. The number of nitrogens with zero attached hydrogens (tertiary/aromatic N) is 3. The number of aliphatic carboxylic acids is 1. The van der Waals surface area contributed by atoms with Crippen LogP contribution in [0.5, 0.6) is 0 Å². The van der Waals surface area contributed by atoms with Gasteiger partial charge < -0.3 is 15.0 Å². The zero-order valence-corrected chi connectivity index (χ0v) is 19.1. The highest BCUT2D eigenvalue weighted by molar-refractivity contribution is 7.18. The first kappa shape index (κ1) is 20.5. The summed E-state index contributed by atoms with van der Waals surface area (Å²) in [4.78, 5) is 27.5. The lowest BCUT2D eigenvalue weighted by Crippen LogP contribution is -2.42. The van der Waals surface area contributed by atoms with Gasteiger partial charge in [-0.15, -0.1) is 0 Å². The standard InChI is InChI=1S/C24H30N4O2S/c1-15-11-18-19(12-16(15)2)27-22(26-18)20-14-25-23(31-20)28-9-7-24(8-10-28)5-3-17(4-6-24)13-21(29)30/h11-12,14,17H,3-10,13H2,1-2H3,(H,26,27)(H,29,30). The quantitative estimate of drug-likeness (QED) is 0.558. The highest BCUT2D eigenvalue weighted by Crippen LogP contribution is 2.48. The van der Waals surface area contributed by atoms with Gasteiger partial charge in [-0.05, 0) is 87.0 Å². The van der Waals surface area contributed by atoms with Gasteiger partial charge in [-0.2, -0.15) is 0 Å². The highest BCUT2D eigenvalue weighted by atomic mass is 32.1. The normalized spacial score (nSPS) is 19.4. The molecule has 31 heavy (non-hydrogen) atoms. The van der Waals surface area contributed by atoms with Crippen molar-refractivity contribution in [1.82, 2.24) is 15.0 Å². The number of carboxylic acid groups (broad SMARTS) is 1. The molecule has 5 rings (SSSR count). The van der Waals surface area contributed by atoms with E-state index < -0.39 is 5.97 Å². The fraction of sp³-hybridized carbons (Fsp3) is 0.542. The molecule has 0 unspecified atom stereocenters. The lowest BCUT2D eigenvalue weighted by Gasteiger charge is -2.45. The summed E-state index contributed by atoms with van der Waals surface area (Å²) in [6.45, 7) is 6.32. The Morgan fingerprint density at radius 3 is 2.61 bits per heavy atom. The molecule has 0 amide bonds. The number of imidazole rings is 1. The molecule has 1 spiro atoms. The number of thiazole rings is 1. The van der Waals surface area contributed by atoms with Crippen LogP contribution < -0.4 is 4.90 Å². The Bertz CT molecular complexity index is 1060. The number of aryl methyl sites for hydroxylation is 2. The largest absolute Gasteiger partial charge is 0.481 e. The van der Waals surface area contributed by atoms with Crippen molar-refractivity contribution in [3.05, 3.63) is 29.5 Å². The van der Waals surface area contributed by atoms with Crippen molar-refractivity contribution in [3.63, 3.8) is 0 Å². The molecule has 1 aliphatic carbocycles. The monoisotopic (exact) mass is 438 g/mol. The number of H-pyrrole nitrogens is 1. The maximum Gasteiger partial charge on any atom is 0.303 e. The number of benzene rings is 1. The van der Waals surface area contributed by atoms with Crippen molar-refractivity contribution >= 4 is 33.5 Å². The van der Waals surface area contributed by atoms with E-state index in [1.165, 1.54) is 36.8 Å². The second-order valence-electron chi connectivity index (χ2n) is 9.57. The Kier molecular flexibility index (Phi) is 5.24. The van der Waals surface area contributed by atoms with E-state index in [0.717, 1.165) is 52.8 Å². The first-order chi connectivity index (χ1) is 14.9. The summed E-state index contributed by atoms with van der Waals surface area (Å²) in [5, 5.41) is 10.1. The Balaban J connectivity index is 1.24. The minimum absolute atomic E-state index is 0.338. The van der Waals surface area contributed by atoms with Gasteiger partial charge in [0.05, 0.1) is 22.1 Å². The topological polar surface area (TPSA) is 82.1 Å². The molecule has 2 aliphatic rings. The fourth-order valence-electron chi connectivity index (χ4n) is 5.32. The summed E-state index contributed by atoms with van der Waals surface area (Å²) in [6.07, 6.45) is 9.15. The summed E-state index contributed by atoms with van der Waals surface area (Å²) in [5.74, 6) is 0.623. The number of aromatic amines is 1. The minimum atomic E-state index is -0.648. The number of rotatable bonds is 4. The molecule has 1 aromatic carbocycles. The Labute approximate surface area is 186 Å². The molecule has 6 nitrogen and oxygen atoms in total. The molecular formula is C24H30N4O2S. The number of hydrogen-bond acceptors (Lipinski definition) is 5. The molecule has 0 atom stereocenters. The van der Waals surface area contributed by atoms with Crippen LogP contribution in [-0.4, -0.2) is 39.1 Å². The predicted octanol–water partition coefficient (Wildman–Crippen LogP) is 5.55. The summed E-state index contributed by atoms with van der Waals surface area (Å²) >= 11 is 1.71. The third-order valence-electron chi connectivity index (χ3n) is 7.55. The van der Waals surface area contributed by atoms with Gasteiger partial charge in [0.2, 0.25) is 0 Å². The molecule has 0 bridgehead atoms. The van der Waals surface area contributed by atoms with Gasteiger partial charge in [0.25, 0.3) is 0 Å². The van der Waals surface area contributed by atoms with E-state index in [4.69, 9.17) is 15.1 Å². The minimum Gasteiger partial charge on any atom is -0.481 e. The second kappa shape index (κ2) is 7.93. The van der Waals surface area contributed by atoms with E-state index in [0.29, 0.717) is 17.8 Å². The van der Waals surface area contributed by atoms with Crippen LogP contribution in [0.15, 0.2) is 18.3 Å². The van der Waals surface area contributed by atoms with Crippen LogP contribution in [0.25, 0.3) is 21.7 Å². The van der Waals surface area contributed by atoms with Gasteiger partial charge in [-0.3, -0.25) is 4.79 Å². The maximum atomic E-state index is 11.0. The van der Waals surface area contributed by atoms with Crippen molar-refractivity contribution < 1.29 is 9.90 Å². The van der Waals surface area contributed by atoms with Gasteiger partial charge >= 0.3 is 5.97 Å². The first-order valence-electron chi connectivity index (χ1n) is 11.3. The maximum absolute atomic E-state index is 11.0. The zero-order chi connectivity index (χ0) is 21.6. The Morgan fingerprint density at radius 1 is 1.19 bits per heavy atom. The van der Waals surface area contributed by atoms with Crippen molar-refractivity contribution in [1.29, 1.82) is 0 Å². The van der Waals surface area contributed by atoms with Crippen molar-refractivity contribution in [2.75, 3.05) is 18.0 Å². The van der Waals surface area contributed by atoms with Crippen LogP contribution in [0.2, 0.25) is 0 Å². The van der Waals surface area contributed by atoms with Gasteiger partial charge in [0.15, 0.2) is 5.13 Å². The third-order valence-corrected chi connectivity index (χ3v) is 8.61. The summed E-state index contributed by atoms with van der Waals surface area (Å²) < 4.78 is 0. The number of carboxylic acids is 1. The van der Waals surface area contributed by atoms with Crippen LogP contribution in [0.4, 0.5) is 5.13 Å². The third kappa shape index (κ3) is 4.07. The number of anilines is 1. The molecular weight excluding hydrogens is 408 g/mol. The van der Waals surface area contributed by atoms with Crippen LogP contribution in [0, 0.1) is 25.2 Å². The highest BCUT2D eigenvalue weighted by Gasteiger charge is 2.38. The molecule has 3 heterocycles. The fourth-order valence-corrected chi connectivity index (χ4v) is 6.23. The van der Waals surface area contributed by atoms with E-state index >= 15 is 0 Å². The number of piperidine rings is 1. The number of carbonyl (C=O) groups is 1. The number of aromatic nitrogens is 3. The number of fused-ring (bicyclic) bond motifs is 1. The molecule has 164 valence electrons. The van der Waals surface area contributed by atoms with E-state index in [1.807, 2.05) is 6.20 Å². The van der Waals surface area contributed by atoms with Gasteiger partial charge in [-0.25, -0.2) is 9.97 Å². The molecule has 7 heteroatoms. The average molecular weight is 439 g/mol. The lowest BCUT2D eigenvalue weighted by molar-refractivity contribution is -0.138. The molecule has 2 N–H and O–H groups in total. The molecule has 0 radical (unpaired) electrons. The molecule has 3 aromatic rings. The van der Waals surface area contributed by atoms with Crippen LogP contribution in [0.3, 0.4) is 0 Å². The van der Waals surface area contributed by atoms with E-state index in [-0.39, 0.29) is 0 Å². The summed E-state index contributed by atoms with van der Waals surface area (Å²) in [5.41, 5.74) is 5.03. The van der Waals surface area contributed by atoms with Crippen LogP contribution >= 0.6 is 11.3 Å². The van der Waals surface area contributed by atoms with E-state index in [1.54, 1.807) is 11.3 Å². The number of hydrogen-bond donors (Lipinski definition) is 2. The predicted molar refractivity (Wildman–Crippen MR) is 125 cm³/mol.